The van der Waals surface area contributed by atoms with E-state index < -0.39 is 0 Å². The minimum absolute atomic E-state index is 0.00429. The number of nitrogens with zero attached hydrogens (tertiary/aromatic N) is 2. The molecule has 2 heterocycles. The maximum atomic E-state index is 14.2. The van der Waals surface area contributed by atoms with E-state index in [2.05, 4.69) is 5.32 Å². The molecule has 0 radical (unpaired) electrons. The quantitative estimate of drug-likeness (QED) is 0.208. The number of hydrogen-bond donors (Lipinski definition) is 1. The maximum absolute atomic E-state index is 14.2. The van der Waals surface area contributed by atoms with Gasteiger partial charge in [-0.05, 0) is 29.7 Å². The lowest BCUT2D eigenvalue weighted by atomic mass is 9.98. The summed E-state index contributed by atoms with van der Waals surface area (Å²) in [6, 6.07) is 33.8. The third-order valence-corrected chi connectivity index (χ3v) is 7.73. The minimum atomic E-state index is -0.345. The lowest BCUT2D eigenvalue weighted by molar-refractivity contribution is -0.128. The molecule has 1 aromatic heterocycles. The molecule has 3 amide bonds. The highest BCUT2D eigenvalue weighted by Crippen LogP contribution is 2.37. The molecule has 0 fully saturated rings. The number of hydrogen-bond acceptors (Lipinski definition) is 5. The SMILES string of the molecule is CC[C@H](NC(=O)c1c(OCCN2C(=O)Cc3ccccc3C2=O)c(-c2ccccc2)nc2ccccc12)c1ccccc1. The summed E-state index contributed by atoms with van der Waals surface area (Å²) >= 11 is 0. The zero-order valence-electron chi connectivity index (χ0n) is 23.8. The fourth-order valence-electron chi connectivity index (χ4n) is 5.55. The van der Waals surface area contributed by atoms with Crippen molar-refractivity contribution in [3.63, 3.8) is 0 Å². The van der Waals surface area contributed by atoms with Crippen molar-refractivity contribution < 1.29 is 19.1 Å². The van der Waals surface area contributed by atoms with Gasteiger partial charge in [-0.25, -0.2) is 4.98 Å². The molecule has 6 rings (SSSR count). The maximum Gasteiger partial charge on any atom is 0.260 e. The van der Waals surface area contributed by atoms with Crippen LogP contribution in [0.25, 0.3) is 22.2 Å². The first-order chi connectivity index (χ1) is 21.0. The number of carbonyl (C=O) groups excluding carboxylic acids is 3. The molecular weight excluding hydrogens is 538 g/mol. The van der Waals surface area contributed by atoms with Crippen LogP contribution in [0.4, 0.5) is 0 Å². The van der Waals surface area contributed by atoms with E-state index in [0.29, 0.717) is 39.9 Å². The summed E-state index contributed by atoms with van der Waals surface area (Å²) in [5.74, 6) is -0.607. The summed E-state index contributed by atoms with van der Waals surface area (Å²) < 4.78 is 6.39. The number of para-hydroxylation sites is 1. The second-order valence-corrected chi connectivity index (χ2v) is 10.4. The molecule has 4 aromatic carbocycles. The van der Waals surface area contributed by atoms with Crippen LogP contribution in [0.15, 0.2) is 109 Å². The van der Waals surface area contributed by atoms with Crippen molar-refractivity contribution in [3.8, 4) is 17.0 Å². The first-order valence-corrected chi connectivity index (χ1v) is 14.4. The highest BCUT2D eigenvalue weighted by atomic mass is 16.5. The van der Waals surface area contributed by atoms with Gasteiger partial charge in [0.05, 0.1) is 30.1 Å². The van der Waals surface area contributed by atoms with Crippen molar-refractivity contribution in [2.45, 2.75) is 25.8 Å². The highest BCUT2D eigenvalue weighted by molar-refractivity contribution is 6.11. The van der Waals surface area contributed by atoms with Crippen LogP contribution in [-0.2, 0) is 11.2 Å². The number of nitrogens with one attached hydrogen (secondary N) is 1. The Morgan fingerprint density at radius 1 is 0.884 bits per heavy atom. The number of aromatic nitrogens is 1. The third-order valence-electron chi connectivity index (χ3n) is 7.73. The third kappa shape index (κ3) is 5.62. The Morgan fingerprint density at radius 3 is 2.33 bits per heavy atom. The van der Waals surface area contributed by atoms with Crippen molar-refractivity contribution in [1.82, 2.24) is 15.2 Å². The second-order valence-electron chi connectivity index (χ2n) is 10.4. The van der Waals surface area contributed by atoms with Crippen LogP contribution in [0, 0.1) is 0 Å². The number of carbonyl (C=O) groups is 3. The topological polar surface area (TPSA) is 88.6 Å². The van der Waals surface area contributed by atoms with Crippen molar-refractivity contribution in [1.29, 1.82) is 0 Å². The molecule has 0 unspecified atom stereocenters. The molecule has 214 valence electrons. The fourth-order valence-corrected chi connectivity index (χ4v) is 5.55. The van der Waals surface area contributed by atoms with Gasteiger partial charge in [-0.15, -0.1) is 0 Å². The van der Waals surface area contributed by atoms with Crippen molar-refractivity contribution in [2.75, 3.05) is 13.2 Å². The molecule has 0 saturated heterocycles. The van der Waals surface area contributed by atoms with E-state index in [-0.39, 0.29) is 43.3 Å². The van der Waals surface area contributed by atoms with Gasteiger partial charge in [-0.3, -0.25) is 19.3 Å². The smallest absolute Gasteiger partial charge is 0.260 e. The van der Waals surface area contributed by atoms with Gasteiger partial charge in [0.15, 0.2) is 5.75 Å². The number of pyridine rings is 1. The Bertz CT molecular complexity index is 1800. The van der Waals surface area contributed by atoms with E-state index in [9.17, 15) is 14.4 Å². The Kier molecular flexibility index (Phi) is 7.96. The number of rotatable bonds is 9. The summed E-state index contributed by atoms with van der Waals surface area (Å²) in [6.45, 7) is 2.06. The van der Waals surface area contributed by atoms with Crippen LogP contribution in [0.2, 0.25) is 0 Å². The Labute approximate surface area is 250 Å². The Hall–Kier alpha value is -5.30. The van der Waals surface area contributed by atoms with E-state index in [0.717, 1.165) is 16.7 Å². The lowest BCUT2D eigenvalue weighted by Gasteiger charge is -2.27. The molecule has 0 bridgehead atoms. The molecule has 0 saturated carbocycles. The van der Waals surface area contributed by atoms with E-state index in [1.165, 1.54) is 4.90 Å². The zero-order chi connectivity index (χ0) is 29.8. The van der Waals surface area contributed by atoms with Gasteiger partial charge >= 0.3 is 0 Å². The second kappa shape index (κ2) is 12.3. The highest BCUT2D eigenvalue weighted by Gasteiger charge is 2.31. The predicted molar refractivity (Wildman–Crippen MR) is 166 cm³/mol. The number of fused-ring (bicyclic) bond motifs is 2. The van der Waals surface area contributed by atoms with Crippen LogP contribution in [0.5, 0.6) is 5.75 Å². The van der Waals surface area contributed by atoms with Gasteiger partial charge in [0, 0.05) is 16.5 Å². The van der Waals surface area contributed by atoms with E-state index >= 15 is 0 Å². The molecule has 7 nitrogen and oxygen atoms in total. The number of benzene rings is 4. The normalized spacial score (nSPS) is 13.5. The molecular formula is C36H31N3O4. The van der Waals surface area contributed by atoms with Crippen LogP contribution >= 0.6 is 0 Å². The van der Waals surface area contributed by atoms with Crippen molar-refractivity contribution in [3.05, 3.63) is 131 Å². The van der Waals surface area contributed by atoms with Crippen LogP contribution in [0.3, 0.4) is 0 Å². The predicted octanol–water partition coefficient (Wildman–Crippen LogP) is 6.39. The summed E-state index contributed by atoms with van der Waals surface area (Å²) in [4.78, 5) is 46.4. The molecule has 0 spiro atoms. The summed E-state index contributed by atoms with van der Waals surface area (Å²) in [7, 11) is 0. The number of imide groups is 1. The van der Waals surface area contributed by atoms with Gasteiger partial charge < -0.3 is 10.1 Å². The molecule has 5 aromatic rings. The zero-order valence-corrected chi connectivity index (χ0v) is 23.8. The van der Waals surface area contributed by atoms with Crippen molar-refractivity contribution in [2.24, 2.45) is 0 Å². The van der Waals surface area contributed by atoms with E-state index in [1.807, 2.05) is 97.9 Å². The molecule has 7 heteroatoms. The summed E-state index contributed by atoms with van der Waals surface area (Å²) in [6.07, 6.45) is 0.849. The largest absolute Gasteiger partial charge is 0.489 e. The van der Waals surface area contributed by atoms with Crippen LogP contribution in [-0.4, -0.2) is 40.8 Å². The first kappa shape index (κ1) is 27.8. The molecule has 1 aliphatic heterocycles. The van der Waals surface area contributed by atoms with Gasteiger partial charge in [0.2, 0.25) is 5.91 Å². The van der Waals surface area contributed by atoms with E-state index in [1.54, 1.807) is 18.2 Å². The molecule has 0 aliphatic carbocycles. The Morgan fingerprint density at radius 2 is 1.56 bits per heavy atom. The van der Waals surface area contributed by atoms with Gasteiger partial charge in [-0.2, -0.15) is 0 Å². The lowest BCUT2D eigenvalue weighted by Crippen LogP contribution is -2.44. The monoisotopic (exact) mass is 569 g/mol. The first-order valence-electron chi connectivity index (χ1n) is 14.4. The average Bonchev–Trinajstić information content (AvgIpc) is 3.05. The fraction of sp³-hybridized carbons (Fsp3) is 0.167. The van der Waals surface area contributed by atoms with Crippen LogP contribution in [0.1, 0.15) is 51.2 Å². The summed E-state index contributed by atoms with van der Waals surface area (Å²) in [5, 5.41) is 3.86. The number of amides is 3. The molecule has 1 aliphatic rings. The van der Waals surface area contributed by atoms with Gasteiger partial charge in [0.1, 0.15) is 12.3 Å². The van der Waals surface area contributed by atoms with Crippen LogP contribution < -0.4 is 10.1 Å². The van der Waals surface area contributed by atoms with Gasteiger partial charge in [-0.1, -0.05) is 104 Å². The molecule has 1 N–H and O–H groups in total. The average molecular weight is 570 g/mol. The minimum Gasteiger partial charge on any atom is -0.489 e. The molecule has 1 atom stereocenters. The van der Waals surface area contributed by atoms with Crippen molar-refractivity contribution >= 4 is 28.6 Å². The Balaban J connectivity index is 1.38. The summed E-state index contributed by atoms with van der Waals surface area (Å²) in [5.41, 5.74) is 4.56. The molecule has 43 heavy (non-hydrogen) atoms. The van der Waals surface area contributed by atoms with Gasteiger partial charge in [0.25, 0.3) is 11.8 Å². The standard InChI is InChI=1S/C36H31N3O4/c1-2-29(24-13-5-3-6-14-24)38-35(41)32-28-19-11-12-20-30(28)37-33(25-15-7-4-8-16-25)34(32)43-22-21-39-31(40)23-26-17-9-10-18-27(26)36(39)42/h3-20,29H,2,21-23H2,1H3,(H,38,41)/t29-/m0/s1. The number of ether oxygens (including phenoxy) is 1. The van der Waals surface area contributed by atoms with E-state index in [4.69, 9.17) is 9.72 Å².